The lowest BCUT2D eigenvalue weighted by atomic mass is 10.0. The molecule has 0 aliphatic carbocycles. The summed E-state index contributed by atoms with van der Waals surface area (Å²) >= 11 is 0. The van der Waals surface area contributed by atoms with E-state index in [2.05, 4.69) is 131 Å². The highest BCUT2D eigenvalue weighted by Crippen LogP contribution is 2.25. The first-order valence-corrected chi connectivity index (χ1v) is 19.4. The predicted octanol–water partition coefficient (Wildman–Crippen LogP) is 6.32. The van der Waals surface area contributed by atoms with Crippen LogP contribution in [0.5, 0.6) is 0 Å². The fourth-order valence-corrected chi connectivity index (χ4v) is 10.2. The third-order valence-electron chi connectivity index (χ3n) is 8.23. The molecule has 0 aliphatic rings. The second-order valence-corrected chi connectivity index (χ2v) is 19.6. The lowest BCUT2D eigenvalue weighted by Crippen LogP contribution is -2.57. The Labute approximate surface area is 227 Å². The Morgan fingerprint density at radius 2 is 1.05 bits per heavy atom. The van der Waals surface area contributed by atoms with Crippen molar-refractivity contribution in [1.82, 2.24) is 14.1 Å². The summed E-state index contributed by atoms with van der Waals surface area (Å²) in [5.74, 6) is 0. The van der Waals surface area contributed by atoms with E-state index in [0.29, 0.717) is 0 Å². The summed E-state index contributed by atoms with van der Waals surface area (Å²) in [6.45, 7) is 28.4. The smallest absolute Gasteiger partial charge is 0.154 e. The van der Waals surface area contributed by atoms with Crippen LogP contribution >= 0.6 is 0 Å². The molecule has 0 saturated carbocycles. The third kappa shape index (κ3) is 6.12. The van der Waals surface area contributed by atoms with E-state index in [1.165, 1.54) is 10.4 Å². The van der Waals surface area contributed by atoms with Crippen molar-refractivity contribution in [3.8, 4) is 0 Å². The Balaban J connectivity index is 1.81. The molecule has 1 heterocycles. The average molecular weight is 528 g/mol. The van der Waals surface area contributed by atoms with Crippen molar-refractivity contribution in [2.75, 3.05) is 26.7 Å². The molecule has 0 saturated heterocycles. The normalized spacial score (nSPS) is 12.3. The van der Waals surface area contributed by atoms with E-state index >= 15 is 0 Å². The highest BCUT2D eigenvalue weighted by molar-refractivity contribution is 6.87. The molecule has 0 bridgehead atoms. The number of nitrogens with zero attached hydrogens (tertiary/aromatic N) is 3. The molecule has 0 amide bonds. The van der Waals surface area contributed by atoms with Crippen molar-refractivity contribution < 1.29 is 0 Å². The molecule has 37 heavy (non-hydrogen) atoms. The van der Waals surface area contributed by atoms with Gasteiger partial charge in [-0.2, -0.15) is 0 Å². The molecule has 5 heteroatoms. The molecular weight excluding hydrogens is 483 g/mol. The van der Waals surface area contributed by atoms with E-state index in [1.807, 2.05) is 12.1 Å². The number of rotatable bonds is 11. The van der Waals surface area contributed by atoms with Crippen LogP contribution in [0.3, 0.4) is 0 Å². The van der Waals surface area contributed by atoms with E-state index in [4.69, 9.17) is 4.98 Å². The zero-order chi connectivity index (χ0) is 27.4. The molecule has 0 spiro atoms. The zero-order valence-corrected chi connectivity index (χ0v) is 26.2. The van der Waals surface area contributed by atoms with Crippen molar-refractivity contribution in [2.24, 2.45) is 0 Å². The SMILES string of the molecule is C=C(c1ccc([Si](C)(C)N(C)CC)cc1)c1cccc(C(=C)c2ccc([Si](C)(C)N(CC)CC)cc2)n1. The van der Waals surface area contributed by atoms with Crippen LogP contribution in [0.4, 0.5) is 0 Å². The Bertz CT molecular complexity index is 1220. The van der Waals surface area contributed by atoms with Crippen molar-refractivity contribution in [3.63, 3.8) is 0 Å². The fourth-order valence-electron chi connectivity index (χ4n) is 5.04. The maximum absolute atomic E-state index is 4.97. The van der Waals surface area contributed by atoms with Crippen LogP contribution in [0.1, 0.15) is 43.3 Å². The third-order valence-corrected chi connectivity index (χ3v) is 16.2. The van der Waals surface area contributed by atoms with E-state index < -0.39 is 16.5 Å². The van der Waals surface area contributed by atoms with E-state index in [9.17, 15) is 0 Å². The molecule has 3 rings (SSSR count). The predicted molar refractivity (Wildman–Crippen MR) is 169 cm³/mol. The number of benzene rings is 2. The second kappa shape index (κ2) is 11.9. The minimum absolute atomic E-state index is 0.889. The molecule has 3 aromatic rings. The largest absolute Gasteiger partial charge is 0.323 e. The van der Waals surface area contributed by atoms with Crippen LogP contribution in [0.2, 0.25) is 26.2 Å². The standard InChI is InChI=1S/C32H45N3Si2/c1-11-34(6)36(7,8)29-21-17-27(18-22-29)25(4)31-15-14-16-32(33-31)26(5)28-19-23-30(24-20-28)37(9,10)35(12-2)13-3/h14-24H,4-5,11-13H2,1-3,6-10H3. The summed E-state index contributed by atoms with van der Waals surface area (Å²) in [7, 11) is -1.06. The quantitative estimate of drug-likeness (QED) is 0.272. The van der Waals surface area contributed by atoms with E-state index in [0.717, 1.165) is 53.3 Å². The molecule has 3 nitrogen and oxygen atoms in total. The summed E-state index contributed by atoms with van der Waals surface area (Å²) in [6.07, 6.45) is 0. The van der Waals surface area contributed by atoms with Crippen LogP contribution in [-0.2, 0) is 0 Å². The number of hydrogen-bond donors (Lipinski definition) is 0. The van der Waals surface area contributed by atoms with Gasteiger partial charge in [-0.05, 0) is 60.3 Å². The molecule has 0 unspecified atom stereocenters. The first kappa shape index (κ1) is 29.0. The second-order valence-electron chi connectivity index (χ2n) is 10.8. The van der Waals surface area contributed by atoms with Gasteiger partial charge in [-0.15, -0.1) is 0 Å². The van der Waals surface area contributed by atoms with Gasteiger partial charge in [0.2, 0.25) is 0 Å². The molecule has 0 atom stereocenters. The van der Waals surface area contributed by atoms with Gasteiger partial charge >= 0.3 is 0 Å². The van der Waals surface area contributed by atoms with Gasteiger partial charge < -0.3 is 9.13 Å². The molecular formula is C32H45N3Si2. The van der Waals surface area contributed by atoms with Gasteiger partial charge in [0.15, 0.2) is 16.5 Å². The van der Waals surface area contributed by atoms with Gasteiger partial charge in [-0.1, -0.05) is 115 Å². The lowest BCUT2D eigenvalue weighted by Gasteiger charge is -2.35. The van der Waals surface area contributed by atoms with Gasteiger partial charge in [-0.3, -0.25) is 0 Å². The van der Waals surface area contributed by atoms with Crippen LogP contribution < -0.4 is 10.4 Å². The lowest BCUT2D eigenvalue weighted by molar-refractivity contribution is 0.474. The van der Waals surface area contributed by atoms with Crippen molar-refractivity contribution in [2.45, 2.75) is 47.0 Å². The van der Waals surface area contributed by atoms with Crippen molar-refractivity contribution in [3.05, 3.63) is 102 Å². The maximum Gasteiger partial charge on any atom is 0.154 e. The van der Waals surface area contributed by atoms with Gasteiger partial charge in [0.05, 0.1) is 11.4 Å². The molecule has 2 aromatic carbocycles. The molecule has 0 fully saturated rings. The van der Waals surface area contributed by atoms with E-state index in [1.54, 1.807) is 0 Å². The topological polar surface area (TPSA) is 19.4 Å². The van der Waals surface area contributed by atoms with Crippen LogP contribution in [0.25, 0.3) is 11.1 Å². The first-order valence-electron chi connectivity index (χ1n) is 13.5. The Morgan fingerprint density at radius 3 is 1.43 bits per heavy atom. The Morgan fingerprint density at radius 1 is 0.649 bits per heavy atom. The Hall–Kier alpha value is -2.58. The first-order chi connectivity index (χ1) is 17.5. The van der Waals surface area contributed by atoms with Crippen LogP contribution in [0.15, 0.2) is 79.9 Å². The van der Waals surface area contributed by atoms with Crippen LogP contribution in [0, 0.1) is 0 Å². The van der Waals surface area contributed by atoms with Gasteiger partial charge in [0.1, 0.15) is 0 Å². The highest BCUT2D eigenvalue weighted by Gasteiger charge is 2.30. The summed E-state index contributed by atoms with van der Waals surface area (Å²) in [4.78, 5) is 4.97. The van der Waals surface area contributed by atoms with Crippen molar-refractivity contribution in [1.29, 1.82) is 0 Å². The molecule has 0 aliphatic heterocycles. The number of hydrogen-bond acceptors (Lipinski definition) is 3. The molecule has 196 valence electrons. The Kier molecular flexibility index (Phi) is 9.29. The summed E-state index contributed by atoms with van der Waals surface area (Å²) in [6, 6.07) is 24.0. The molecule has 1 aromatic heterocycles. The maximum atomic E-state index is 4.97. The summed E-state index contributed by atoms with van der Waals surface area (Å²) < 4.78 is 5.11. The van der Waals surface area contributed by atoms with Gasteiger partial charge in [0.25, 0.3) is 0 Å². The minimum Gasteiger partial charge on any atom is -0.323 e. The molecule has 0 radical (unpaired) electrons. The monoisotopic (exact) mass is 527 g/mol. The molecule has 0 N–H and O–H groups in total. The van der Waals surface area contributed by atoms with Gasteiger partial charge in [0, 0.05) is 11.1 Å². The average Bonchev–Trinajstić information content (AvgIpc) is 2.92. The fraction of sp³-hybridized carbons (Fsp3) is 0.344. The summed E-state index contributed by atoms with van der Waals surface area (Å²) in [5, 5.41) is 2.88. The minimum atomic E-state index is -1.66. The van der Waals surface area contributed by atoms with Crippen molar-refractivity contribution >= 4 is 38.0 Å². The zero-order valence-electron chi connectivity index (χ0n) is 24.2. The number of pyridine rings is 1. The summed E-state index contributed by atoms with van der Waals surface area (Å²) in [5.41, 5.74) is 5.87. The van der Waals surface area contributed by atoms with Gasteiger partial charge in [-0.25, -0.2) is 4.98 Å². The van der Waals surface area contributed by atoms with E-state index in [-0.39, 0.29) is 0 Å². The highest BCUT2D eigenvalue weighted by atomic mass is 28.3. The number of aromatic nitrogens is 1. The van der Waals surface area contributed by atoms with Crippen LogP contribution in [-0.4, -0.2) is 57.3 Å².